The number of ketones is 1. The molecule has 25 heavy (non-hydrogen) atoms. The number of esters is 1. The molecule has 5 nitrogen and oxygen atoms in total. The molecule has 0 radical (unpaired) electrons. The summed E-state index contributed by atoms with van der Waals surface area (Å²) in [6.45, 7) is 1.64. The summed E-state index contributed by atoms with van der Waals surface area (Å²) in [6.07, 6.45) is 2.94. The van der Waals surface area contributed by atoms with Gasteiger partial charge in [0.2, 0.25) is 0 Å². The lowest BCUT2D eigenvalue weighted by molar-refractivity contribution is -0.151. The van der Waals surface area contributed by atoms with Crippen LogP contribution in [0.4, 0.5) is 4.39 Å². The van der Waals surface area contributed by atoms with E-state index in [0.29, 0.717) is 17.1 Å². The van der Waals surface area contributed by atoms with Crippen LogP contribution < -0.4 is 0 Å². The highest BCUT2D eigenvalue weighted by molar-refractivity contribution is 7.98. The SMILES string of the molecule is CCOC(=O)C(=O)C=C(O)c1oc(SC)cc1Cc1ccc(F)cc1. The average Bonchev–Trinajstić information content (AvgIpc) is 3.00. The van der Waals surface area contributed by atoms with Gasteiger partial charge < -0.3 is 14.3 Å². The fourth-order valence-corrected chi connectivity index (χ4v) is 2.55. The minimum Gasteiger partial charge on any atom is -0.504 e. The molecule has 2 aromatic rings. The Bertz CT molecular complexity index is 792. The van der Waals surface area contributed by atoms with E-state index in [-0.39, 0.29) is 18.2 Å². The second kappa shape index (κ2) is 8.53. The molecule has 0 unspecified atom stereocenters. The number of rotatable bonds is 7. The Morgan fingerprint density at radius 2 is 2.00 bits per heavy atom. The number of carbonyl (C=O) groups excluding carboxylic acids is 2. The molecular weight excluding hydrogens is 347 g/mol. The van der Waals surface area contributed by atoms with Crippen molar-refractivity contribution in [3.05, 3.63) is 59.1 Å². The molecule has 0 atom stereocenters. The zero-order chi connectivity index (χ0) is 18.4. The summed E-state index contributed by atoms with van der Waals surface area (Å²) < 4.78 is 23.1. The van der Waals surface area contributed by atoms with E-state index in [1.165, 1.54) is 23.9 Å². The first-order valence-electron chi connectivity index (χ1n) is 7.47. The Hall–Kier alpha value is -2.54. The van der Waals surface area contributed by atoms with Crippen molar-refractivity contribution in [3.63, 3.8) is 0 Å². The number of aliphatic hydroxyl groups is 1. The number of carbonyl (C=O) groups is 2. The van der Waals surface area contributed by atoms with Crippen molar-refractivity contribution in [1.29, 1.82) is 0 Å². The number of halogens is 1. The van der Waals surface area contributed by atoms with Gasteiger partial charge in [0, 0.05) is 18.1 Å². The van der Waals surface area contributed by atoms with E-state index >= 15 is 0 Å². The predicted molar refractivity (Wildman–Crippen MR) is 91.9 cm³/mol. The molecule has 0 fully saturated rings. The van der Waals surface area contributed by atoms with E-state index in [1.54, 1.807) is 31.4 Å². The summed E-state index contributed by atoms with van der Waals surface area (Å²) in [4.78, 5) is 23.1. The standard InChI is InChI=1S/C18H17FO5S/c1-3-23-18(22)15(21)10-14(20)17-12(9-16(24-17)25-2)8-11-4-6-13(19)7-5-11/h4-7,9-10,20H,3,8H2,1-2H3. The smallest absolute Gasteiger partial charge is 0.379 e. The van der Waals surface area contributed by atoms with Gasteiger partial charge in [-0.05, 0) is 36.9 Å². The molecule has 0 saturated carbocycles. The minimum atomic E-state index is -1.05. The van der Waals surface area contributed by atoms with Gasteiger partial charge in [-0.15, -0.1) is 0 Å². The second-order valence-electron chi connectivity index (χ2n) is 5.04. The van der Waals surface area contributed by atoms with Crippen molar-refractivity contribution in [2.45, 2.75) is 18.4 Å². The van der Waals surface area contributed by atoms with Crippen molar-refractivity contribution in [2.24, 2.45) is 0 Å². The lowest BCUT2D eigenvalue weighted by Crippen LogP contribution is -2.15. The van der Waals surface area contributed by atoms with Gasteiger partial charge in [-0.25, -0.2) is 9.18 Å². The third kappa shape index (κ3) is 4.96. The van der Waals surface area contributed by atoms with Crippen LogP contribution in [0.1, 0.15) is 23.8 Å². The van der Waals surface area contributed by atoms with Crippen molar-refractivity contribution >= 4 is 29.3 Å². The largest absolute Gasteiger partial charge is 0.504 e. The molecule has 1 aromatic heterocycles. The number of ether oxygens (including phenoxy) is 1. The molecule has 7 heteroatoms. The van der Waals surface area contributed by atoms with Gasteiger partial charge >= 0.3 is 5.97 Å². The van der Waals surface area contributed by atoms with Crippen LogP contribution in [-0.2, 0) is 20.7 Å². The van der Waals surface area contributed by atoms with Crippen LogP contribution in [0, 0.1) is 5.82 Å². The van der Waals surface area contributed by atoms with Gasteiger partial charge in [-0.3, -0.25) is 4.79 Å². The molecule has 1 N–H and O–H groups in total. The molecule has 0 bridgehead atoms. The third-order valence-corrected chi connectivity index (χ3v) is 3.88. The highest BCUT2D eigenvalue weighted by Gasteiger charge is 2.19. The third-order valence-electron chi connectivity index (χ3n) is 3.27. The maximum absolute atomic E-state index is 13.0. The minimum absolute atomic E-state index is 0.0619. The monoisotopic (exact) mass is 364 g/mol. The first kappa shape index (κ1) is 18.8. The number of hydrogen-bond acceptors (Lipinski definition) is 6. The summed E-state index contributed by atoms with van der Waals surface area (Å²) >= 11 is 1.33. The normalized spacial score (nSPS) is 11.4. The highest BCUT2D eigenvalue weighted by atomic mass is 32.2. The number of aliphatic hydroxyl groups excluding tert-OH is 1. The topological polar surface area (TPSA) is 76.7 Å². The van der Waals surface area contributed by atoms with E-state index in [4.69, 9.17) is 4.42 Å². The Labute approximate surface area is 148 Å². The van der Waals surface area contributed by atoms with E-state index in [9.17, 15) is 19.1 Å². The summed E-state index contributed by atoms with van der Waals surface area (Å²) in [6, 6.07) is 7.64. The zero-order valence-electron chi connectivity index (χ0n) is 13.7. The fourth-order valence-electron chi connectivity index (χ4n) is 2.13. The molecule has 0 spiro atoms. The first-order valence-corrected chi connectivity index (χ1v) is 8.70. The van der Waals surface area contributed by atoms with E-state index < -0.39 is 17.5 Å². The number of benzene rings is 1. The number of hydrogen-bond donors (Lipinski definition) is 1. The number of furan rings is 1. The Kier molecular flexibility index (Phi) is 6.41. The van der Waals surface area contributed by atoms with Crippen LogP contribution >= 0.6 is 11.8 Å². The first-order chi connectivity index (χ1) is 11.9. The van der Waals surface area contributed by atoms with Crippen molar-refractivity contribution in [2.75, 3.05) is 12.9 Å². The lowest BCUT2D eigenvalue weighted by Gasteiger charge is -2.03. The molecule has 1 aromatic carbocycles. The molecule has 2 rings (SSSR count). The molecule has 0 saturated heterocycles. The van der Waals surface area contributed by atoms with Gasteiger partial charge in [0.1, 0.15) is 5.82 Å². The lowest BCUT2D eigenvalue weighted by atomic mass is 10.0. The van der Waals surface area contributed by atoms with Crippen LogP contribution in [0.25, 0.3) is 5.76 Å². The van der Waals surface area contributed by atoms with Crippen molar-refractivity contribution < 1.29 is 28.2 Å². The maximum Gasteiger partial charge on any atom is 0.379 e. The van der Waals surface area contributed by atoms with Crippen LogP contribution in [0.2, 0.25) is 0 Å². The van der Waals surface area contributed by atoms with Crippen molar-refractivity contribution in [1.82, 2.24) is 0 Å². The van der Waals surface area contributed by atoms with E-state index in [0.717, 1.165) is 11.6 Å². The molecule has 0 aliphatic rings. The maximum atomic E-state index is 13.0. The van der Waals surface area contributed by atoms with Gasteiger partial charge in [-0.1, -0.05) is 23.9 Å². The van der Waals surface area contributed by atoms with Gasteiger partial charge in [0.05, 0.1) is 6.61 Å². The van der Waals surface area contributed by atoms with Gasteiger partial charge in [0.15, 0.2) is 16.6 Å². The zero-order valence-corrected chi connectivity index (χ0v) is 14.6. The van der Waals surface area contributed by atoms with Gasteiger partial charge in [0.25, 0.3) is 5.78 Å². The van der Waals surface area contributed by atoms with Crippen LogP contribution in [0.3, 0.4) is 0 Å². The van der Waals surface area contributed by atoms with Crippen molar-refractivity contribution in [3.8, 4) is 0 Å². The molecule has 1 heterocycles. The molecule has 132 valence electrons. The highest BCUT2D eigenvalue weighted by Crippen LogP contribution is 2.29. The fraction of sp³-hybridized carbons (Fsp3) is 0.222. The molecule has 0 amide bonds. The molecular formula is C18H17FO5S. The predicted octanol–water partition coefficient (Wildman–Crippen LogP) is 3.76. The van der Waals surface area contributed by atoms with Gasteiger partial charge in [-0.2, -0.15) is 0 Å². The van der Waals surface area contributed by atoms with Crippen LogP contribution in [0.15, 0.2) is 45.9 Å². The molecule has 0 aliphatic carbocycles. The molecule has 0 aliphatic heterocycles. The van der Waals surface area contributed by atoms with E-state index in [2.05, 4.69) is 4.74 Å². The summed E-state index contributed by atoms with van der Waals surface area (Å²) in [7, 11) is 0. The second-order valence-corrected chi connectivity index (χ2v) is 5.85. The number of thioether (sulfide) groups is 1. The quantitative estimate of drug-likeness (QED) is 0.265. The Morgan fingerprint density at radius 1 is 1.32 bits per heavy atom. The summed E-state index contributed by atoms with van der Waals surface area (Å²) in [5, 5.41) is 10.7. The van der Waals surface area contributed by atoms with Crippen LogP contribution in [-0.4, -0.2) is 29.7 Å². The summed E-state index contributed by atoms with van der Waals surface area (Å²) in [5.41, 5.74) is 1.42. The Balaban J connectivity index is 2.30. The summed E-state index contributed by atoms with van der Waals surface area (Å²) in [5.74, 6) is -2.74. The average molecular weight is 364 g/mol. The van der Waals surface area contributed by atoms with Crippen LogP contribution in [0.5, 0.6) is 0 Å². The van der Waals surface area contributed by atoms with E-state index in [1.807, 2.05) is 0 Å². The Morgan fingerprint density at radius 3 is 2.60 bits per heavy atom.